The average Bonchev–Trinajstić information content (AvgIpc) is 2.50. The van der Waals surface area contributed by atoms with E-state index in [9.17, 15) is 13.7 Å². The van der Waals surface area contributed by atoms with Gasteiger partial charge in [-0.15, -0.1) is 4.91 Å². The molecule has 7 heteroatoms. The summed E-state index contributed by atoms with van der Waals surface area (Å²) < 4.78 is 38.6. The molecular formula is C12H14BF2NO3. The number of benzene rings is 1. The molecule has 1 aliphatic heterocycles. The highest BCUT2D eigenvalue weighted by molar-refractivity contribution is 6.62. The van der Waals surface area contributed by atoms with E-state index in [1.54, 1.807) is 27.7 Å². The van der Waals surface area contributed by atoms with Crippen LogP contribution in [0.3, 0.4) is 0 Å². The summed E-state index contributed by atoms with van der Waals surface area (Å²) in [6, 6.07) is 1.68. The lowest BCUT2D eigenvalue weighted by Gasteiger charge is -2.32. The summed E-state index contributed by atoms with van der Waals surface area (Å²) in [5.41, 5.74) is -2.10. The van der Waals surface area contributed by atoms with Crippen LogP contribution in [0.25, 0.3) is 0 Å². The molecule has 1 saturated heterocycles. The summed E-state index contributed by atoms with van der Waals surface area (Å²) in [7, 11) is -1.07. The molecule has 1 aromatic rings. The average molecular weight is 269 g/mol. The molecule has 0 atom stereocenters. The minimum absolute atomic E-state index is 0.159. The molecule has 0 aromatic heterocycles. The Bertz CT molecular complexity index is 518. The van der Waals surface area contributed by atoms with Crippen LogP contribution >= 0.6 is 0 Å². The molecule has 1 aliphatic rings. The van der Waals surface area contributed by atoms with Crippen LogP contribution in [0.4, 0.5) is 14.5 Å². The molecule has 0 aliphatic carbocycles. The number of nitrogens with zero attached hydrogens (tertiary/aromatic N) is 1. The van der Waals surface area contributed by atoms with Crippen LogP contribution in [-0.2, 0) is 9.31 Å². The zero-order valence-electron chi connectivity index (χ0n) is 11.2. The summed E-state index contributed by atoms with van der Waals surface area (Å²) in [4.78, 5) is 10.5. The Morgan fingerprint density at radius 2 is 1.63 bits per heavy atom. The maximum absolute atomic E-state index is 14.0. The van der Waals surface area contributed by atoms with Gasteiger partial charge in [-0.2, -0.15) is 0 Å². The van der Waals surface area contributed by atoms with Gasteiger partial charge in [0.05, 0.1) is 11.2 Å². The van der Waals surface area contributed by atoms with Crippen molar-refractivity contribution in [1.82, 2.24) is 0 Å². The predicted molar refractivity (Wildman–Crippen MR) is 67.5 cm³/mol. The number of halogens is 2. The molecule has 19 heavy (non-hydrogen) atoms. The zero-order valence-corrected chi connectivity index (χ0v) is 11.2. The highest BCUT2D eigenvalue weighted by Crippen LogP contribution is 2.37. The summed E-state index contributed by atoms with van der Waals surface area (Å²) >= 11 is 0. The molecule has 0 radical (unpaired) electrons. The van der Waals surface area contributed by atoms with Crippen LogP contribution in [0.15, 0.2) is 17.3 Å². The second kappa shape index (κ2) is 4.35. The normalized spacial score (nSPS) is 20.6. The zero-order chi connectivity index (χ0) is 14.4. The van der Waals surface area contributed by atoms with E-state index in [2.05, 4.69) is 5.18 Å². The molecule has 4 nitrogen and oxygen atoms in total. The van der Waals surface area contributed by atoms with Crippen molar-refractivity contribution in [3.63, 3.8) is 0 Å². The SMILES string of the molecule is CC1(C)OB(c2cc(F)cc(N=O)c2F)OC1(C)C. The Morgan fingerprint density at radius 1 is 1.11 bits per heavy atom. The van der Waals surface area contributed by atoms with Crippen LogP contribution in [0.2, 0.25) is 0 Å². The lowest BCUT2D eigenvalue weighted by molar-refractivity contribution is 0.00578. The predicted octanol–water partition coefficient (Wildman–Crippen LogP) is 2.66. The molecule has 1 fully saturated rings. The maximum Gasteiger partial charge on any atom is 0.498 e. The van der Waals surface area contributed by atoms with Crippen molar-refractivity contribution in [2.75, 3.05) is 0 Å². The van der Waals surface area contributed by atoms with E-state index < -0.39 is 35.6 Å². The molecule has 0 saturated carbocycles. The van der Waals surface area contributed by atoms with E-state index >= 15 is 0 Å². The van der Waals surface area contributed by atoms with Crippen molar-refractivity contribution in [2.45, 2.75) is 38.9 Å². The van der Waals surface area contributed by atoms with Gasteiger partial charge in [0.15, 0.2) is 5.82 Å². The molecule has 0 amide bonds. The fourth-order valence-corrected chi connectivity index (χ4v) is 1.80. The van der Waals surface area contributed by atoms with E-state index in [1.165, 1.54) is 0 Å². The summed E-state index contributed by atoms with van der Waals surface area (Å²) in [5, 5.41) is 2.46. The topological polar surface area (TPSA) is 47.9 Å². The van der Waals surface area contributed by atoms with E-state index in [1.807, 2.05) is 0 Å². The van der Waals surface area contributed by atoms with Crippen molar-refractivity contribution in [3.8, 4) is 0 Å². The third kappa shape index (κ3) is 2.28. The quantitative estimate of drug-likeness (QED) is 0.612. The van der Waals surface area contributed by atoms with E-state index in [4.69, 9.17) is 9.31 Å². The Hall–Kier alpha value is -1.34. The number of hydrogen-bond acceptors (Lipinski definition) is 4. The molecule has 1 aromatic carbocycles. The molecule has 2 rings (SSSR count). The first kappa shape index (κ1) is 14.1. The van der Waals surface area contributed by atoms with Gasteiger partial charge >= 0.3 is 7.12 Å². The number of nitroso groups, excluding NO2 is 1. The molecule has 0 bridgehead atoms. The van der Waals surface area contributed by atoms with Crippen LogP contribution in [-0.4, -0.2) is 18.3 Å². The monoisotopic (exact) mass is 269 g/mol. The van der Waals surface area contributed by atoms with Crippen molar-refractivity contribution < 1.29 is 18.1 Å². The highest BCUT2D eigenvalue weighted by atomic mass is 19.1. The first-order valence-corrected chi connectivity index (χ1v) is 5.86. The molecule has 0 N–H and O–H groups in total. The highest BCUT2D eigenvalue weighted by Gasteiger charge is 2.52. The Labute approximate surface area is 110 Å². The summed E-state index contributed by atoms with van der Waals surface area (Å²) in [5.74, 6) is -1.68. The molecule has 102 valence electrons. The number of hydrogen-bond donors (Lipinski definition) is 0. The van der Waals surface area contributed by atoms with Gasteiger partial charge in [-0.1, -0.05) is 0 Å². The Kier molecular flexibility index (Phi) is 3.22. The molecular weight excluding hydrogens is 255 g/mol. The van der Waals surface area contributed by atoms with Crippen molar-refractivity contribution in [1.29, 1.82) is 0 Å². The lowest BCUT2D eigenvalue weighted by Crippen LogP contribution is -2.41. The van der Waals surface area contributed by atoms with Gasteiger partial charge in [0.1, 0.15) is 11.5 Å². The fourth-order valence-electron chi connectivity index (χ4n) is 1.80. The second-order valence-electron chi connectivity index (χ2n) is 5.51. The third-order valence-electron chi connectivity index (χ3n) is 3.65. The van der Waals surface area contributed by atoms with Crippen molar-refractivity contribution in [2.24, 2.45) is 5.18 Å². The minimum atomic E-state index is -1.07. The Balaban J connectivity index is 2.45. The van der Waals surface area contributed by atoms with Gasteiger partial charge in [-0.25, -0.2) is 8.78 Å². The van der Waals surface area contributed by atoms with Crippen LogP contribution in [0.1, 0.15) is 27.7 Å². The minimum Gasteiger partial charge on any atom is -0.399 e. The van der Waals surface area contributed by atoms with Gasteiger partial charge in [0.25, 0.3) is 0 Å². The van der Waals surface area contributed by atoms with Crippen LogP contribution < -0.4 is 5.46 Å². The van der Waals surface area contributed by atoms with Gasteiger partial charge in [-0.05, 0) is 38.9 Å². The van der Waals surface area contributed by atoms with E-state index in [0.717, 1.165) is 12.1 Å². The van der Waals surface area contributed by atoms with E-state index in [-0.39, 0.29) is 5.46 Å². The van der Waals surface area contributed by atoms with Gasteiger partial charge < -0.3 is 9.31 Å². The fraction of sp³-hybridized carbons (Fsp3) is 0.500. The summed E-state index contributed by atoms with van der Waals surface area (Å²) in [6.45, 7) is 7.18. The maximum atomic E-state index is 14.0. The van der Waals surface area contributed by atoms with Crippen LogP contribution in [0, 0.1) is 16.5 Å². The van der Waals surface area contributed by atoms with Gasteiger partial charge in [0.2, 0.25) is 0 Å². The molecule has 0 unspecified atom stereocenters. The number of rotatable bonds is 2. The van der Waals surface area contributed by atoms with Gasteiger partial charge in [0, 0.05) is 11.5 Å². The van der Waals surface area contributed by atoms with Gasteiger partial charge in [-0.3, -0.25) is 0 Å². The van der Waals surface area contributed by atoms with Crippen molar-refractivity contribution in [3.05, 3.63) is 28.7 Å². The summed E-state index contributed by atoms with van der Waals surface area (Å²) in [6.07, 6.45) is 0. The second-order valence-corrected chi connectivity index (χ2v) is 5.51. The van der Waals surface area contributed by atoms with Crippen molar-refractivity contribution >= 4 is 18.3 Å². The van der Waals surface area contributed by atoms with E-state index in [0.29, 0.717) is 0 Å². The largest absolute Gasteiger partial charge is 0.498 e. The third-order valence-corrected chi connectivity index (χ3v) is 3.65. The molecule has 1 heterocycles. The van der Waals surface area contributed by atoms with Crippen LogP contribution in [0.5, 0.6) is 0 Å². The standard InChI is InChI=1S/C12H14BF2NO3/c1-11(2)12(3,4)19-13(18-11)8-5-7(14)6-9(16-17)10(8)15/h5-6H,1-4H3. The first-order chi connectivity index (χ1) is 8.68. The first-order valence-electron chi connectivity index (χ1n) is 5.86. The molecule has 0 spiro atoms. The Morgan fingerprint density at radius 3 is 2.11 bits per heavy atom. The smallest absolute Gasteiger partial charge is 0.399 e. The lowest BCUT2D eigenvalue weighted by atomic mass is 9.78.